The summed E-state index contributed by atoms with van der Waals surface area (Å²) in [4.78, 5) is 71.2. The molecule has 0 spiro atoms. The van der Waals surface area contributed by atoms with E-state index in [9.17, 15) is 29.6 Å². The van der Waals surface area contributed by atoms with Crippen molar-refractivity contribution in [3.05, 3.63) is 128 Å². The molecule has 4 aromatic carbocycles. The van der Waals surface area contributed by atoms with Gasteiger partial charge in [0.1, 0.15) is 5.75 Å². The number of nitrogens with zero attached hydrogens (tertiary/aromatic N) is 3. The quantitative estimate of drug-likeness (QED) is 0.0765. The maximum atomic E-state index is 15.5. The number of halogens is 2. The lowest BCUT2D eigenvalue weighted by Crippen LogP contribution is -2.53. The number of nitro benzene ring substituents is 1. The third-order valence-corrected chi connectivity index (χ3v) is 12.0. The number of anilines is 2. The molecule has 15 heteroatoms. The third-order valence-electron chi connectivity index (χ3n) is 11.5. The van der Waals surface area contributed by atoms with Gasteiger partial charge in [0.05, 0.1) is 58.2 Å². The number of amides is 4. The molecular weight excluding hydrogens is 763 g/mol. The van der Waals surface area contributed by atoms with E-state index in [0.717, 1.165) is 9.91 Å². The maximum absolute atomic E-state index is 15.5. The minimum Gasteiger partial charge on any atom is -0.504 e. The van der Waals surface area contributed by atoms with Crippen molar-refractivity contribution in [2.45, 2.75) is 31.1 Å². The second-order valence-corrected chi connectivity index (χ2v) is 15.0. The summed E-state index contributed by atoms with van der Waals surface area (Å²) in [5.41, 5.74) is 3.07. The number of nitro groups is 1. The first kappa shape index (κ1) is 37.0. The molecule has 13 nitrogen and oxygen atoms in total. The number of fused-ring (bicyclic) bond motifs is 4. The maximum Gasteiger partial charge on any atom is 0.271 e. The Bertz CT molecular complexity index is 2370. The largest absolute Gasteiger partial charge is 0.504 e. The first-order valence-electron chi connectivity index (χ1n) is 17.9. The zero-order valence-corrected chi connectivity index (χ0v) is 31.5. The molecule has 2 aliphatic carbocycles. The molecule has 56 heavy (non-hydrogen) atoms. The van der Waals surface area contributed by atoms with Gasteiger partial charge in [-0.05, 0) is 85.3 Å². The summed E-state index contributed by atoms with van der Waals surface area (Å²) in [7, 11) is 1.52. The number of hydrogen-bond donors (Lipinski definition) is 2. The number of carbonyl (C=O) groups excluding carboxylic acids is 4. The van der Waals surface area contributed by atoms with Crippen LogP contribution in [-0.2, 0) is 24.6 Å². The molecule has 6 atom stereocenters. The fourth-order valence-electron chi connectivity index (χ4n) is 9.20. The van der Waals surface area contributed by atoms with Crippen LogP contribution >= 0.6 is 23.2 Å². The van der Waals surface area contributed by atoms with E-state index in [4.69, 9.17) is 32.7 Å². The van der Waals surface area contributed by atoms with Crippen molar-refractivity contribution in [2.24, 2.45) is 23.7 Å². The number of rotatable bonds is 9. The number of hydrazine groups is 1. The molecule has 1 saturated carbocycles. The van der Waals surface area contributed by atoms with Gasteiger partial charge in [-0.2, -0.15) is 5.01 Å². The van der Waals surface area contributed by atoms with Crippen molar-refractivity contribution < 1.29 is 38.7 Å². The zero-order chi connectivity index (χ0) is 39.6. The summed E-state index contributed by atoms with van der Waals surface area (Å²) >= 11 is 12.7. The SMILES string of the molecule is CCOc1cc(C2C3=CCC4C(=O)N(c5cccc([N+](=O)[O-])c5)C(=O)C4C3CC3C(=O)N(Nc4ccc(Cl)cc4Cl)C(=O)C32c2ccc(OC)cc2)ccc1O. The van der Waals surface area contributed by atoms with Gasteiger partial charge in [0, 0.05) is 23.1 Å². The Hall–Kier alpha value is -5.92. The van der Waals surface area contributed by atoms with Crippen LogP contribution in [0.25, 0.3) is 0 Å². The minimum absolute atomic E-state index is 0.00479. The lowest BCUT2D eigenvalue weighted by molar-refractivity contribution is -0.384. The first-order chi connectivity index (χ1) is 26.9. The van der Waals surface area contributed by atoms with Crippen molar-refractivity contribution in [3.8, 4) is 17.2 Å². The van der Waals surface area contributed by atoms with Crippen LogP contribution in [0.2, 0.25) is 10.0 Å². The Labute approximate surface area is 330 Å². The van der Waals surface area contributed by atoms with E-state index >= 15 is 4.79 Å². The molecule has 4 amide bonds. The van der Waals surface area contributed by atoms with E-state index in [1.54, 1.807) is 55.5 Å². The molecule has 286 valence electrons. The molecule has 4 aromatic rings. The van der Waals surface area contributed by atoms with Crippen LogP contribution in [0.5, 0.6) is 17.2 Å². The number of ether oxygens (including phenoxy) is 2. The lowest BCUT2D eigenvalue weighted by atomic mass is 9.49. The predicted molar refractivity (Wildman–Crippen MR) is 205 cm³/mol. The third kappa shape index (κ3) is 5.59. The molecule has 0 bridgehead atoms. The molecule has 2 heterocycles. The second kappa shape index (κ2) is 14.0. The highest BCUT2D eigenvalue weighted by Gasteiger charge is 2.70. The summed E-state index contributed by atoms with van der Waals surface area (Å²) < 4.78 is 11.3. The summed E-state index contributed by atoms with van der Waals surface area (Å²) in [6, 6.07) is 21.6. The number of non-ortho nitro benzene ring substituents is 1. The summed E-state index contributed by atoms with van der Waals surface area (Å²) in [5.74, 6) is -6.17. The number of imide groups is 2. The van der Waals surface area contributed by atoms with Crippen LogP contribution in [0.4, 0.5) is 17.1 Å². The molecular formula is C41H34Cl2N4O9. The van der Waals surface area contributed by atoms with Gasteiger partial charge in [0.25, 0.3) is 17.5 Å². The van der Waals surface area contributed by atoms with Crippen LogP contribution in [0.1, 0.15) is 36.8 Å². The van der Waals surface area contributed by atoms with Gasteiger partial charge < -0.3 is 14.6 Å². The summed E-state index contributed by atoms with van der Waals surface area (Å²) in [6.07, 6.45) is 2.02. The minimum atomic E-state index is -1.63. The Morgan fingerprint density at radius 1 is 0.946 bits per heavy atom. The van der Waals surface area contributed by atoms with Crippen LogP contribution in [0, 0.1) is 33.8 Å². The topological polar surface area (TPSA) is 169 Å². The monoisotopic (exact) mass is 796 g/mol. The average molecular weight is 798 g/mol. The fourth-order valence-corrected chi connectivity index (χ4v) is 9.65. The van der Waals surface area contributed by atoms with Crippen molar-refractivity contribution in [3.63, 3.8) is 0 Å². The average Bonchev–Trinajstić information content (AvgIpc) is 3.57. The molecule has 0 aromatic heterocycles. The van der Waals surface area contributed by atoms with E-state index in [0.29, 0.717) is 27.5 Å². The van der Waals surface area contributed by atoms with Gasteiger partial charge in [-0.3, -0.25) is 34.7 Å². The number of benzene rings is 4. The normalized spacial score (nSPS) is 25.4. The standard InChI is InChI=1S/C41H34Cl2N4O9/c1-3-56-34-17-21(7-16-33(34)48)36-27-13-14-28-35(39(51)45(37(28)49)24-5-4-6-25(19-24)47(53)54)29(27)20-30-38(50)46(44-32-15-10-23(42)18-31(32)43)40(52)41(30,36)22-8-11-26(55-2)12-9-22/h4-13,15-19,28-30,35-36,44,48H,3,14,20H2,1-2H3. The van der Waals surface area contributed by atoms with Crippen LogP contribution in [0.3, 0.4) is 0 Å². The summed E-state index contributed by atoms with van der Waals surface area (Å²) in [6.45, 7) is 1.99. The number of nitrogens with one attached hydrogen (secondary N) is 1. The molecule has 8 rings (SSSR count). The smallest absolute Gasteiger partial charge is 0.271 e. The highest BCUT2D eigenvalue weighted by atomic mass is 35.5. The van der Waals surface area contributed by atoms with Gasteiger partial charge in [0.15, 0.2) is 11.5 Å². The summed E-state index contributed by atoms with van der Waals surface area (Å²) in [5, 5.41) is 23.9. The number of carbonyl (C=O) groups is 4. The molecule has 2 aliphatic heterocycles. The molecule has 2 N–H and O–H groups in total. The highest BCUT2D eigenvalue weighted by Crippen LogP contribution is 2.64. The highest BCUT2D eigenvalue weighted by molar-refractivity contribution is 6.36. The van der Waals surface area contributed by atoms with E-state index in [1.807, 2.05) is 6.08 Å². The number of methoxy groups -OCH3 is 1. The number of phenolic OH excluding ortho intramolecular Hbond substituents is 1. The van der Waals surface area contributed by atoms with Gasteiger partial charge in [-0.1, -0.05) is 59.1 Å². The van der Waals surface area contributed by atoms with Gasteiger partial charge in [-0.15, -0.1) is 0 Å². The molecule has 3 fully saturated rings. The van der Waals surface area contributed by atoms with Crippen LogP contribution < -0.4 is 19.8 Å². The van der Waals surface area contributed by atoms with Crippen molar-refractivity contribution in [2.75, 3.05) is 24.0 Å². The van der Waals surface area contributed by atoms with Crippen molar-refractivity contribution in [1.29, 1.82) is 0 Å². The van der Waals surface area contributed by atoms with Gasteiger partial charge in [-0.25, -0.2) is 4.90 Å². The van der Waals surface area contributed by atoms with E-state index < -0.39 is 63.6 Å². The number of aromatic hydroxyl groups is 1. The Morgan fingerprint density at radius 3 is 2.41 bits per heavy atom. The molecule has 4 aliphatic rings. The fraction of sp³-hybridized carbons (Fsp3) is 0.268. The Morgan fingerprint density at radius 2 is 1.71 bits per heavy atom. The Kier molecular flexibility index (Phi) is 9.24. The number of allylic oxidation sites excluding steroid dienone is 2. The van der Waals surface area contributed by atoms with Crippen molar-refractivity contribution in [1.82, 2.24) is 5.01 Å². The lowest BCUT2D eigenvalue weighted by Gasteiger charge is -2.50. The molecule has 6 unspecified atom stereocenters. The molecule has 0 radical (unpaired) electrons. The second-order valence-electron chi connectivity index (χ2n) is 14.2. The van der Waals surface area contributed by atoms with E-state index in [2.05, 4.69) is 5.43 Å². The van der Waals surface area contributed by atoms with Gasteiger partial charge in [0.2, 0.25) is 11.8 Å². The van der Waals surface area contributed by atoms with Crippen molar-refractivity contribution >= 4 is 63.9 Å². The predicted octanol–water partition coefficient (Wildman–Crippen LogP) is 7.20. The zero-order valence-electron chi connectivity index (χ0n) is 30.0. The molecule has 2 saturated heterocycles. The van der Waals surface area contributed by atoms with E-state index in [-0.39, 0.29) is 53.0 Å². The van der Waals surface area contributed by atoms with Crippen LogP contribution in [-0.4, -0.2) is 52.4 Å². The van der Waals surface area contributed by atoms with E-state index in [1.165, 1.54) is 43.5 Å². The number of phenols is 1. The van der Waals surface area contributed by atoms with Crippen LogP contribution in [0.15, 0.2) is 96.6 Å². The van der Waals surface area contributed by atoms with Gasteiger partial charge >= 0.3 is 0 Å². The first-order valence-corrected chi connectivity index (χ1v) is 18.7. The number of hydrogen-bond acceptors (Lipinski definition) is 10. The Balaban J connectivity index is 1.33.